The largest absolute Gasteiger partial charge is 0.480 e. The molecule has 0 saturated heterocycles. The van der Waals surface area contributed by atoms with Gasteiger partial charge in [-0.15, -0.1) is 0 Å². The summed E-state index contributed by atoms with van der Waals surface area (Å²) in [5, 5.41) is 10.9. The van der Waals surface area contributed by atoms with E-state index >= 15 is 0 Å². The van der Waals surface area contributed by atoms with Gasteiger partial charge in [-0.1, -0.05) is 23.2 Å². The Labute approximate surface area is 104 Å². The van der Waals surface area contributed by atoms with Crippen molar-refractivity contribution in [2.45, 2.75) is 19.9 Å². The lowest BCUT2D eigenvalue weighted by molar-refractivity contribution is -0.140. The molecule has 5 nitrogen and oxygen atoms in total. The topological polar surface area (TPSA) is 75.6 Å². The van der Waals surface area contributed by atoms with Crippen LogP contribution in [-0.2, 0) is 25.9 Å². The summed E-state index contributed by atoms with van der Waals surface area (Å²) in [6, 6.07) is -0.880. The molecule has 0 saturated carbocycles. The second-order valence-electron chi connectivity index (χ2n) is 3.09. The SMILES string of the molecule is CCO[P@](C)(=S)SCC(=O)N[C@H](C)C(=O)O. The van der Waals surface area contributed by atoms with E-state index in [4.69, 9.17) is 21.4 Å². The standard InChI is InChI=1S/C8H16NO4PS2/c1-4-13-14(3,15)16-5-7(10)9-6(2)8(11)12/h6H,4-5H2,1-3H3,(H,9,10)(H,11,12)/t6-,14-/m1/s1. The number of aliphatic carboxylic acids is 1. The summed E-state index contributed by atoms with van der Waals surface area (Å²) < 4.78 is 5.32. The molecule has 0 rings (SSSR count). The van der Waals surface area contributed by atoms with Crippen LogP contribution in [0, 0.1) is 0 Å². The maximum Gasteiger partial charge on any atom is 0.325 e. The normalized spacial score (nSPS) is 16.2. The van der Waals surface area contributed by atoms with Crippen molar-refractivity contribution >= 4 is 40.5 Å². The van der Waals surface area contributed by atoms with E-state index in [1.54, 1.807) is 6.66 Å². The molecule has 0 aliphatic rings. The third-order valence-corrected chi connectivity index (χ3v) is 6.50. The third kappa shape index (κ3) is 7.22. The van der Waals surface area contributed by atoms with Gasteiger partial charge in [-0.3, -0.25) is 9.59 Å². The van der Waals surface area contributed by atoms with E-state index in [1.807, 2.05) is 6.92 Å². The summed E-state index contributed by atoms with van der Waals surface area (Å²) >= 11 is 6.45. The molecule has 0 spiro atoms. The van der Waals surface area contributed by atoms with Gasteiger partial charge in [0.15, 0.2) is 0 Å². The molecule has 2 N–H and O–H groups in total. The monoisotopic (exact) mass is 285 g/mol. The fourth-order valence-electron chi connectivity index (χ4n) is 0.793. The lowest BCUT2D eigenvalue weighted by atomic mass is 10.3. The molecule has 0 bridgehead atoms. The second kappa shape index (κ2) is 7.27. The zero-order valence-corrected chi connectivity index (χ0v) is 12.0. The predicted octanol–water partition coefficient (Wildman–Crippen LogP) is 1.28. The smallest absolute Gasteiger partial charge is 0.325 e. The van der Waals surface area contributed by atoms with Crippen LogP contribution < -0.4 is 5.32 Å². The highest BCUT2D eigenvalue weighted by Crippen LogP contribution is 2.56. The van der Waals surface area contributed by atoms with E-state index in [-0.39, 0.29) is 11.7 Å². The molecule has 0 aromatic heterocycles. The van der Waals surface area contributed by atoms with Crippen molar-refractivity contribution < 1.29 is 19.2 Å². The van der Waals surface area contributed by atoms with Crippen LogP contribution in [0.3, 0.4) is 0 Å². The highest BCUT2D eigenvalue weighted by atomic mass is 32.9. The lowest BCUT2D eigenvalue weighted by Crippen LogP contribution is -2.39. The minimum atomic E-state index is -1.97. The van der Waals surface area contributed by atoms with Gasteiger partial charge in [0, 0.05) is 6.61 Å². The number of hydrogen-bond donors (Lipinski definition) is 2. The van der Waals surface area contributed by atoms with Crippen LogP contribution in [0.25, 0.3) is 0 Å². The van der Waals surface area contributed by atoms with Gasteiger partial charge in [-0.25, -0.2) is 0 Å². The van der Waals surface area contributed by atoms with Crippen molar-refractivity contribution in [3.05, 3.63) is 0 Å². The van der Waals surface area contributed by atoms with E-state index < -0.39 is 17.5 Å². The minimum absolute atomic E-state index is 0.130. The zero-order chi connectivity index (χ0) is 12.8. The molecule has 0 aliphatic carbocycles. The molecule has 16 heavy (non-hydrogen) atoms. The molecule has 8 heteroatoms. The maximum absolute atomic E-state index is 11.3. The average Bonchev–Trinajstić information content (AvgIpc) is 2.14. The zero-order valence-electron chi connectivity index (χ0n) is 9.43. The highest BCUT2D eigenvalue weighted by Gasteiger charge is 2.17. The maximum atomic E-state index is 11.3. The molecule has 2 atom stereocenters. The van der Waals surface area contributed by atoms with Gasteiger partial charge >= 0.3 is 5.97 Å². The van der Waals surface area contributed by atoms with Crippen LogP contribution in [0.15, 0.2) is 0 Å². The average molecular weight is 285 g/mol. The van der Waals surface area contributed by atoms with E-state index in [0.29, 0.717) is 6.61 Å². The van der Waals surface area contributed by atoms with Crippen molar-refractivity contribution in [1.82, 2.24) is 5.32 Å². The first-order valence-corrected chi connectivity index (χ1v) is 9.43. The highest BCUT2D eigenvalue weighted by molar-refractivity contribution is 8.69. The molecule has 0 heterocycles. The van der Waals surface area contributed by atoms with Crippen molar-refractivity contribution in [1.29, 1.82) is 0 Å². The molecule has 94 valence electrons. The Balaban J connectivity index is 3.99. The van der Waals surface area contributed by atoms with Crippen LogP contribution in [0.1, 0.15) is 13.8 Å². The number of nitrogens with one attached hydrogen (secondary N) is 1. The van der Waals surface area contributed by atoms with Gasteiger partial charge in [0.25, 0.3) is 0 Å². The number of rotatable bonds is 7. The first-order chi connectivity index (χ1) is 7.28. The fourth-order valence-corrected chi connectivity index (χ4v) is 4.16. The Hall–Kier alpha value is -0.100. The number of carboxylic acids is 1. The number of carbonyl (C=O) groups excluding carboxylic acids is 1. The Morgan fingerprint density at radius 3 is 2.62 bits per heavy atom. The van der Waals surface area contributed by atoms with Crippen LogP contribution in [0.2, 0.25) is 0 Å². The summed E-state index contributed by atoms with van der Waals surface area (Å²) in [7, 11) is 0. The molecule has 0 fully saturated rings. The summed E-state index contributed by atoms with van der Waals surface area (Å²) in [5.41, 5.74) is -1.97. The van der Waals surface area contributed by atoms with Gasteiger partial charge in [0.05, 0.1) is 5.75 Å². The quantitative estimate of drug-likeness (QED) is 0.686. The van der Waals surface area contributed by atoms with Crippen LogP contribution >= 0.6 is 16.8 Å². The van der Waals surface area contributed by atoms with E-state index in [0.717, 1.165) is 0 Å². The molecule has 0 aromatic rings. The number of hydrogen-bond acceptors (Lipinski definition) is 5. The third-order valence-electron chi connectivity index (χ3n) is 1.54. The van der Waals surface area contributed by atoms with Crippen LogP contribution in [0.4, 0.5) is 0 Å². The summed E-state index contributed by atoms with van der Waals surface area (Å²) in [5.74, 6) is -1.26. The van der Waals surface area contributed by atoms with Crippen LogP contribution in [0.5, 0.6) is 0 Å². The van der Waals surface area contributed by atoms with Crippen LogP contribution in [-0.4, -0.2) is 42.0 Å². The number of amides is 1. The first-order valence-electron chi connectivity index (χ1n) is 4.67. The minimum Gasteiger partial charge on any atom is -0.480 e. The Kier molecular flexibility index (Phi) is 7.22. The number of carbonyl (C=O) groups is 2. The van der Waals surface area contributed by atoms with Gasteiger partial charge in [0.2, 0.25) is 5.91 Å². The van der Waals surface area contributed by atoms with Crippen molar-refractivity contribution in [3.63, 3.8) is 0 Å². The second-order valence-corrected chi connectivity index (χ2v) is 11.1. The molecule has 0 aliphatic heterocycles. The molecule has 0 radical (unpaired) electrons. The van der Waals surface area contributed by atoms with E-state index in [9.17, 15) is 9.59 Å². The molecular weight excluding hydrogens is 269 g/mol. The van der Waals surface area contributed by atoms with Crippen molar-refractivity contribution in [3.8, 4) is 0 Å². The van der Waals surface area contributed by atoms with Gasteiger partial charge < -0.3 is 14.9 Å². The fraction of sp³-hybridized carbons (Fsp3) is 0.750. The molecule has 0 aromatic carbocycles. The van der Waals surface area contributed by atoms with Gasteiger partial charge in [-0.05, 0) is 20.5 Å². The van der Waals surface area contributed by atoms with Crippen molar-refractivity contribution in [2.24, 2.45) is 0 Å². The molecule has 1 amide bonds. The predicted molar refractivity (Wildman–Crippen MR) is 69.5 cm³/mol. The van der Waals surface area contributed by atoms with E-state index in [1.165, 1.54) is 18.3 Å². The number of carboxylic acid groups (broad SMARTS) is 1. The summed E-state index contributed by atoms with van der Waals surface area (Å²) in [6.07, 6.45) is 0. The van der Waals surface area contributed by atoms with Gasteiger partial charge in [-0.2, -0.15) is 0 Å². The Morgan fingerprint density at radius 2 is 2.19 bits per heavy atom. The Morgan fingerprint density at radius 1 is 1.62 bits per heavy atom. The summed E-state index contributed by atoms with van der Waals surface area (Å²) in [6.45, 7) is 5.57. The summed E-state index contributed by atoms with van der Waals surface area (Å²) in [4.78, 5) is 21.8. The van der Waals surface area contributed by atoms with Gasteiger partial charge in [0.1, 0.15) is 11.5 Å². The Bertz CT molecular complexity index is 310. The first kappa shape index (κ1) is 15.9. The molecular formula is C8H16NO4PS2. The van der Waals surface area contributed by atoms with E-state index in [2.05, 4.69) is 5.32 Å². The lowest BCUT2D eigenvalue weighted by Gasteiger charge is -2.15. The van der Waals surface area contributed by atoms with Crippen molar-refractivity contribution in [2.75, 3.05) is 19.0 Å². The molecule has 0 unspecified atom stereocenters.